The lowest BCUT2D eigenvalue weighted by molar-refractivity contribution is 0.0925. The fraction of sp³-hybridized carbons (Fsp3) is 0.675. The van der Waals surface area contributed by atoms with E-state index in [1.165, 1.54) is 109 Å². The van der Waals surface area contributed by atoms with Crippen LogP contribution in [0, 0.1) is 11.7 Å². The van der Waals surface area contributed by atoms with Crippen LogP contribution >= 0.6 is 0 Å². The second-order valence-electron chi connectivity index (χ2n) is 14.5. The minimum atomic E-state index is -0.503. The summed E-state index contributed by atoms with van der Waals surface area (Å²) in [6.45, 7) is 3.93. The number of hydrogen-bond donors (Lipinski definition) is 3. The van der Waals surface area contributed by atoms with E-state index in [0.29, 0.717) is 52.2 Å². The molecule has 270 valence electrons. The van der Waals surface area contributed by atoms with Gasteiger partial charge in [0, 0.05) is 29.9 Å². The Morgan fingerprint density at radius 2 is 1.47 bits per heavy atom. The number of carbonyl (C=O) groups excluding carboxylic acids is 1. The maximum atomic E-state index is 14.9. The van der Waals surface area contributed by atoms with Crippen molar-refractivity contribution in [1.29, 1.82) is 0 Å². The Hall–Kier alpha value is -3.20. The van der Waals surface area contributed by atoms with E-state index in [2.05, 4.69) is 32.5 Å². The van der Waals surface area contributed by atoms with Gasteiger partial charge in [0.2, 0.25) is 0 Å². The van der Waals surface area contributed by atoms with Gasteiger partial charge in [0.05, 0.1) is 24.8 Å². The molecule has 0 saturated heterocycles. The number of hydrogen-bond acceptors (Lipinski definition) is 6. The summed E-state index contributed by atoms with van der Waals surface area (Å²) in [7, 11) is 1.44. The van der Waals surface area contributed by atoms with Gasteiger partial charge in [-0.1, -0.05) is 90.4 Å². The van der Waals surface area contributed by atoms with Gasteiger partial charge in [0.25, 0.3) is 5.91 Å². The third-order valence-electron chi connectivity index (χ3n) is 10.4. The SMILES string of the molecule is CCCCCCCCCCCCCCCCNC1CCC(NC(=O)c2c[nH]c3c(-c4cc(F)c(OC)cc4OCC4CC4)ncnc23)CC1. The fourth-order valence-electron chi connectivity index (χ4n) is 7.14. The first-order chi connectivity index (χ1) is 24.1. The Morgan fingerprint density at radius 3 is 2.10 bits per heavy atom. The molecule has 2 aliphatic carbocycles. The molecule has 2 aromatic heterocycles. The molecule has 3 N–H and O–H groups in total. The van der Waals surface area contributed by atoms with Gasteiger partial charge in [-0.3, -0.25) is 4.79 Å². The van der Waals surface area contributed by atoms with Gasteiger partial charge in [-0.25, -0.2) is 14.4 Å². The van der Waals surface area contributed by atoms with Crippen molar-refractivity contribution in [1.82, 2.24) is 25.6 Å². The minimum Gasteiger partial charge on any atom is -0.494 e. The Kier molecular flexibility index (Phi) is 15.0. The number of carbonyl (C=O) groups is 1. The van der Waals surface area contributed by atoms with Crippen molar-refractivity contribution in [3.63, 3.8) is 0 Å². The van der Waals surface area contributed by atoms with Crippen LogP contribution < -0.4 is 20.1 Å². The molecule has 0 atom stereocenters. The number of unbranched alkanes of at least 4 members (excludes halogenated alkanes) is 13. The van der Waals surface area contributed by atoms with Gasteiger partial charge in [0.15, 0.2) is 11.6 Å². The average Bonchev–Trinajstić information content (AvgIpc) is 3.85. The highest BCUT2D eigenvalue weighted by Crippen LogP contribution is 2.39. The third kappa shape index (κ3) is 11.4. The maximum Gasteiger partial charge on any atom is 0.255 e. The summed E-state index contributed by atoms with van der Waals surface area (Å²) in [5.74, 6) is 0.486. The van der Waals surface area contributed by atoms with Gasteiger partial charge >= 0.3 is 0 Å². The normalized spacial score (nSPS) is 17.8. The summed E-state index contributed by atoms with van der Waals surface area (Å²) in [5, 5.41) is 7.01. The lowest BCUT2D eigenvalue weighted by Crippen LogP contribution is -2.42. The molecule has 2 fully saturated rings. The van der Waals surface area contributed by atoms with Crippen molar-refractivity contribution in [2.45, 2.75) is 147 Å². The van der Waals surface area contributed by atoms with Gasteiger partial charge in [-0.15, -0.1) is 0 Å². The highest BCUT2D eigenvalue weighted by Gasteiger charge is 2.26. The first-order valence-electron chi connectivity index (χ1n) is 19.4. The van der Waals surface area contributed by atoms with Crippen LogP contribution in [0.3, 0.4) is 0 Å². The number of amides is 1. The van der Waals surface area contributed by atoms with E-state index in [4.69, 9.17) is 9.47 Å². The van der Waals surface area contributed by atoms with E-state index >= 15 is 0 Å². The molecule has 0 radical (unpaired) electrons. The van der Waals surface area contributed by atoms with Crippen molar-refractivity contribution in [2.75, 3.05) is 20.3 Å². The summed E-state index contributed by atoms with van der Waals surface area (Å²) >= 11 is 0. The zero-order valence-electron chi connectivity index (χ0n) is 30.1. The number of halogens is 1. The third-order valence-corrected chi connectivity index (χ3v) is 10.4. The van der Waals surface area contributed by atoms with Gasteiger partial charge < -0.3 is 25.1 Å². The average molecular weight is 678 g/mol. The zero-order valence-corrected chi connectivity index (χ0v) is 30.1. The van der Waals surface area contributed by atoms with Crippen molar-refractivity contribution < 1.29 is 18.7 Å². The largest absolute Gasteiger partial charge is 0.494 e. The summed E-state index contributed by atoms with van der Waals surface area (Å²) in [5.41, 5.74) is 2.54. The molecule has 2 aliphatic rings. The number of methoxy groups -OCH3 is 1. The standard InChI is InChI=1S/C40H60FN5O3/c1-3-4-5-6-7-8-9-10-11-12-13-14-15-16-23-42-30-19-21-31(22-20-30)46-40(47)33-26-43-39-37(44-28-45-38(33)39)32-24-34(41)36(48-2)25-35(32)49-27-29-17-18-29/h24-26,28-31,42-43H,3-23,27H2,1-2H3,(H,46,47). The number of rotatable bonds is 23. The molecule has 3 aromatic rings. The molecule has 0 bridgehead atoms. The summed E-state index contributed by atoms with van der Waals surface area (Å²) in [6, 6.07) is 3.62. The fourth-order valence-corrected chi connectivity index (χ4v) is 7.14. The van der Waals surface area contributed by atoms with Crippen molar-refractivity contribution in [3.05, 3.63) is 36.0 Å². The molecule has 1 aromatic carbocycles. The van der Waals surface area contributed by atoms with E-state index in [1.54, 1.807) is 12.3 Å². The van der Waals surface area contributed by atoms with Gasteiger partial charge in [0.1, 0.15) is 23.3 Å². The van der Waals surface area contributed by atoms with E-state index < -0.39 is 5.82 Å². The molecule has 1 amide bonds. The maximum absolute atomic E-state index is 14.9. The Bertz CT molecular complexity index is 1430. The number of aromatic nitrogens is 3. The first-order valence-corrected chi connectivity index (χ1v) is 19.4. The second kappa shape index (κ2) is 19.9. The highest BCUT2D eigenvalue weighted by molar-refractivity contribution is 6.08. The van der Waals surface area contributed by atoms with E-state index in [0.717, 1.165) is 45.1 Å². The smallest absolute Gasteiger partial charge is 0.255 e. The molecule has 0 spiro atoms. The predicted octanol–water partition coefficient (Wildman–Crippen LogP) is 9.67. The molecule has 0 unspecified atom stereocenters. The monoisotopic (exact) mass is 677 g/mol. The Balaban J connectivity index is 1.00. The van der Waals surface area contributed by atoms with Crippen LogP contribution in [0.1, 0.15) is 146 Å². The van der Waals surface area contributed by atoms with Crippen molar-refractivity contribution in [2.24, 2.45) is 5.92 Å². The molecule has 8 nitrogen and oxygen atoms in total. The number of benzene rings is 1. The topological polar surface area (TPSA) is 101 Å². The predicted molar refractivity (Wildman–Crippen MR) is 196 cm³/mol. The second-order valence-corrected chi connectivity index (χ2v) is 14.5. The van der Waals surface area contributed by atoms with Crippen LogP contribution in [0.2, 0.25) is 0 Å². The van der Waals surface area contributed by atoms with Crippen molar-refractivity contribution >= 4 is 16.9 Å². The van der Waals surface area contributed by atoms with Crippen LogP contribution in [0.15, 0.2) is 24.7 Å². The van der Waals surface area contributed by atoms with Crippen LogP contribution in [-0.2, 0) is 0 Å². The molecule has 49 heavy (non-hydrogen) atoms. The summed E-state index contributed by atoms with van der Waals surface area (Å²) in [4.78, 5) is 25.5. The van der Waals surface area contributed by atoms with Crippen LogP contribution in [-0.4, -0.2) is 53.2 Å². The van der Waals surface area contributed by atoms with Crippen LogP contribution in [0.5, 0.6) is 11.5 Å². The lowest BCUT2D eigenvalue weighted by Gasteiger charge is -2.29. The van der Waals surface area contributed by atoms with Gasteiger partial charge in [-0.05, 0) is 63.5 Å². The van der Waals surface area contributed by atoms with E-state index in [-0.39, 0.29) is 17.7 Å². The Morgan fingerprint density at radius 1 is 0.837 bits per heavy atom. The molecule has 5 rings (SSSR count). The van der Waals surface area contributed by atoms with Gasteiger partial charge in [-0.2, -0.15) is 0 Å². The number of aromatic amines is 1. The summed E-state index contributed by atoms with van der Waals surface area (Å²) in [6.07, 6.45) is 28.8. The quantitative estimate of drug-likeness (QED) is 0.0865. The number of nitrogens with zero attached hydrogens (tertiary/aromatic N) is 2. The zero-order chi connectivity index (χ0) is 34.3. The Labute approximate surface area is 293 Å². The summed E-state index contributed by atoms with van der Waals surface area (Å²) < 4.78 is 26.2. The number of fused-ring (bicyclic) bond motifs is 1. The molecular formula is C40H60FN5O3. The highest BCUT2D eigenvalue weighted by atomic mass is 19.1. The molecule has 0 aliphatic heterocycles. The molecule has 9 heteroatoms. The molecular weight excluding hydrogens is 617 g/mol. The van der Waals surface area contributed by atoms with Crippen LogP contribution in [0.4, 0.5) is 4.39 Å². The van der Waals surface area contributed by atoms with Crippen LogP contribution in [0.25, 0.3) is 22.3 Å². The minimum absolute atomic E-state index is 0.117. The number of nitrogens with one attached hydrogen (secondary N) is 3. The van der Waals surface area contributed by atoms with Crippen molar-refractivity contribution in [3.8, 4) is 22.8 Å². The molecule has 2 heterocycles. The van der Waals surface area contributed by atoms with E-state index in [9.17, 15) is 9.18 Å². The lowest BCUT2D eigenvalue weighted by atomic mass is 9.91. The van der Waals surface area contributed by atoms with E-state index in [1.807, 2.05) is 0 Å². The first kappa shape index (κ1) is 37.1. The molecule has 2 saturated carbocycles. The number of ether oxygens (including phenoxy) is 2. The number of H-pyrrole nitrogens is 1.